The highest BCUT2D eigenvalue weighted by atomic mass is 19.1. The first-order valence-electron chi connectivity index (χ1n) is 5.00. The molecule has 0 aliphatic rings. The van der Waals surface area contributed by atoms with Crippen LogP contribution in [-0.4, -0.2) is 20.3 Å². The van der Waals surface area contributed by atoms with Crippen LogP contribution in [0.4, 0.5) is 10.3 Å². The molecule has 0 atom stereocenters. The van der Waals surface area contributed by atoms with Crippen LogP contribution in [0.1, 0.15) is 13.8 Å². The van der Waals surface area contributed by atoms with Gasteiger partial charge in [0, 0.05) is 6.07 Å². The maximum absolute atomic E-state index is 13.0. The van der Waals surface area contributed by atoms with Crippen LogP contribution >= 0.6 is 0 Å². The largest absolute Gasteiger partial charge is 0.389 e. The van der Waals surface area contributed by atoms with E-state index in [2.05, 4.69) is 4.98 Å². The number of nitrogens with two attached hydrogens (primary N) is 1. The minimum atomic E-state index is -0.893. The Morgan fingerprint density at radius 2 is 2.19 bits per heavy atom. The van der Waals surface area contributed by atoms with Crippen LogP contribution in [0.5, 0.6) is 0 Å². The summed E-state index contributed by atoms with van der Waals surface area (Å²) in [6.45, 7) is 3.69. The quantitative estimate of drug-likeness (QED) is 0.811. The monoisotopic (exact) mass is 223 g/mol. The van der Waals surface area contributed by atoms with Crippen molar-refractivity contribution in [3.63, 3.8) is 0 Å². The molecule has 4 nitrogen and oxygen atoms in total. The molecule has 1 aromatic carbocycles. The molecule has 0 aliphatic heterocycles. The summed E-state index contributed by atoms with van der Waals surface area (Å²) in [5, 5.41) is 9.75. The molecule has 0 fully saturated rings. The molecule has 0 aliphatic carbocycles. The summed E-state index contributed by atoms with van der Waals surface area (Å²) in [4.78, 5) is 4.05. The third-order valence-electron chi connectivity index (χ3n) is 2.28. The van der Waals surface area contributed by atoms with E-state index in [0.29, 0.717) is 12.1 Å². The van der Waals surface area contributed by atoms with Crippen molar-refractivity contribution >= 4 is 17.0 Å². The molecule has 0 saturated heterocycles. The molecule has 16 heavy (non-hydrogen) atoms. The number of halogens is 1. The van der Waals surface area contributed by atoms with Gasteiger partial charge in [0.2, 0.25) is 5.95 Å². The molecule has 2 rings (SSSR count). The van der Waals surface area contributed by atoms with Gasteiger partial charge < -0.3 is 15.4 Å². The van der Waals surface area contributed by atoms with Crippen LogP contribution < -0.4 is 5.73 Å². The van der Waals surface area contributed by atoms with Crippen molar-refractivity contribution in [3.8, 4) is 0 Å². The van der Waals surface area contributed by atoms with Gasteiger partial charge in [0.25, 0.3) is 0 Å². The van der Waals surface area contributed by atoms with E-state index in [-0.39, 0.29) is 11.8 Å². The number of hydrogen-bond donors (Lipinski definition) is 2. The topological polar surface area (TPSA) is 64.1 Å². The highest BCUT2D eigenvalue weighted by molar-refractivity contribution is 5.78. The Bertz CT molecular complexity index is 528. The fourth-order valence-electron chi connectivity index (χ4n) is 1.67. The minimum absolute atomic E-state index is 0.280. The van der Waals surface area contributed by atoms with Gasteiger partial charge >= 0.3 is 0 Å². The standard InChI is InChI=1S/C11H14FN3O/c1-11(2,16)6-15-9-4-3-7(12)5-8(9)14-10(15)13/h3-5,16H,6H2,1-2H3,(H2,13,14). The average Bonchev–Trinajstić information content (AvgIpc) is 2.40. The number of aliphatic hydroxyl groups is 1. The molecular weight excluding hydrogens is 209 g/mol. The van der Waals surface area contributed by atoms with E-state index in [1.54, 1.807) is 24.5 Å². The van der Waals surface area contributed by atoms with Crippen LogP contribution in [0.15, 0.2) is 18.2 Å². The number of anilines is 1. The summed E-state index contributed by atoms with van der Waals surface area (Å²) >= 11 is 0. The molecule has 1 aromatic heterocycles. The Morgan fingerprint density at radius 3 is 2.81 bits per heavy atom. The van der Waals surface area contributed by atoms with Crippen LogP contribution in [0.25, 0.3) is 11.0 Å². The zero-order valence-electron chi connectivity index (χ0n) is 9.24. The lowest BCUT2D eigenvalue weighted by Crippen LogP contribution is -2.26. The van der Waals surface area contributed by atoms with Crippen molar-refractivity contribution in [2.75, 3.05) is 5.73 Å². The molecule has 0 unspecified atom stereocenters. The van der Waals surface area contributed by atoms with Crippen LogP contribution in [0, 0.1) is 5.82 Å². The Labute approximate surface area is 92.5 Å². The summed E-state index contributed by atoms with van der Waals surface area (Å²) < 4.78 is 14.7. The summed E-state index contributed by atoms with van der Waals surface area (Å²) in [6, 6.07) is 4.29. The lowest BCUT2D eigenvalue weighted by Gasteiger charge is -2.18. The first kappa shape index (κ1) is 10.9. The van der Waals surface area contributed by atoms with Crippen molar-refractivity contribution in [2.24, 2.45) is 0 Å². The molecule has 0 radical (unpaired) electrons. The van der Waals surface area contributed by atoms with Gasteiger partial charge in [0.05, 0.1) is 23.2 Å². The van der Waals surface area contributed by atoms with Gasteiger partial charge in [-0.05, 0) is 26.0 Å². The maximum atomic E-state index is 13.0. The van der Waals surface area contributed by atoms with Crippen LogP contribution in [0.2, 0.25) is 0 Å². The normalized spacial score (nSPS) is 12.2. The van der Waals surface area contributed by atoms with E-state index in [9.17, 15) is 9.50 Å². The van der Waals surface area contributed by atoms with Gasteiger partial charge in [-0.1, -0.05) is 0 Å². The van der Waals surface area contributed by atoms with Crippen molar-refractivity contribution in [1.82, 2.24) is 9.55 Å². The average molecular weight is 223 g/mol. The maximum Gasteiger partial charge on any atom is 0.201 e. The fraction of sp³-hybridized carbons (Fsp3) is 0.364. The first-order valence-corrected chi connectivity index (χ1v) is 5.00. The second kappa shape index (κ2) is 3.45. The summed E-state index contributed by atoms with van der Waals surface area (Å²) in [5.74, 6) is -0.0665. The molecule has 2 aromatic rings. The summed E-state index contributed by atoms with van der Waals surface area (Å²) in [7, 11) is 0. The number of imidazole rings is 1. The van der Waals surface area contributed by atoms with E-state index >= 15 is 0 Å². The molecule has 86 valence electrons. The van der Waals surface area contributed by atoms with Crippen LogP contribution in [0.3, 0.4) is 0 Å². The van der Waals surface area contributed by atoms with Gasteiger partial charge in [0.1, 0.15) is 5.82 Å². The van der Waals surface area contributed by atoms with E-state index in [0.717, 1.165) is 5.52 Å². The molecule has 1 heterocycles. The number of aromatic nitrogens is 2. The molecule has 5 heteroatoms. The van der Waals surface area contributed by atoms with Crippen molar-refractivity contribution < 1.29 is 9.50 Å². The highest BCUT2D eigenvalue weighted by Gasteiger charge is 2.17. The number of rotatable bonds is 2. The second-order valence-corrected chi connectivity index (χ2v) is 4.50. The fourth-order valence-corrected chi connectivity index (χ4v) is 1.67. The van der Waals surface area contributed by atoms with Crippen molar-refractivity contribution in [2.45, 2.75) is 26.0 Å². The third kappa shape index (κ3) is 1.99. The highest BCUT2D eigenvalue weighted by Crippen LogP contribution is 2.21. The molecule has 0 bridgehead atoms. The molecule has 0 amide bonds. The van der Waals surface area contributed by atoms with Crippen LogP contribution in [-0.2, 0) is 6.54 Å². The zero-order valence-corrected chi connectivity index (χ0v) is 9.24. The van der Waals surface area contributed by atoms with Gasteiger partial charge in [0.15, 0.2) is 0 Å². The number of hydrogen-bond acceptors (Lipinski definition) is 3. The van der Waals surface area contributed by atoms with Gasteiger partial charge in [-0.3, -0.25) is 0 Å². The molecule has 0 spiro atoms. The minimum Gasteiger partial charge on any atom is -0.389 e. The van der Waals surface area contributed by atoms with Gasteiger partial charge in [-0.15, -0.1) is 0 Å². The third-order valence-corrected chi connectivity index (χ3v) is 2.28. The van der Waals surface area contributed by atoms with Gasteiger partial charge in [-0.2, -0.15) is 0 Å². The number of nitrogen functional groups attached to an aromatic ring is 1. The van der Waals surface area contributed by atoms with Gasteiger partial charge in [-0.25, -0.2) is 9.37 Å². The predicted molar refractivity (Wildman–Crippen MR) is 60.4 cm³/mol. The second-order valence-electron chi connectivity index (χ2n) is 4.50. The lowest BCUT2D eigenvalue weighted by molar-refractivity contribution is 0.0633. The summed E-state index contributed by atoms with van der Waals surface area (Å²) in [5.41, 5.74) is 6.06. The lowest BCUT2D eigenvalue weighted by atomic mass is 10.1. The number of nitrogens with zero attached hydrogens (tertiary/aromatic N) is 2. The SMILES string of the molecule is CC(C)(O)Cn1c(N)nc2cc(F)ccc21. The molecular formula is C11H14FN3O. The smallest absolute Gasteiger partial charge is 0.201 e. The molecule has 3 N–H and O–H groups in total. The van der Waals surface area contributed by atoms with E-state index in [4.69, 9.17) is 5.73 Å². The Balaban J connectivity index is 2.56. The Morgan fingerprint density at radius 1 is 1.50 bits per heavy atom. The Hall–Kier alpha value is -1.62. The predicted octanol–water partition coefficient (Wildman–Crippen LogP) is 1.53. The first-order chi connectivity index (χ1) is 7.37. The zero-order chi connectivity index (χ0) is 11.9. The van der Waals surface area contributed by atoms with E-state index in [1.807, 2.05) is 0 Å². The van der Waals surface area contributed by atoms with E-state index in [1.165, 1.54) is 12.1 Å². The van der Waals surface area contributed by atoms with Crippen molar-refractivity contribution in [3.05, 3.63) is 24.0 Å². The summed E-state index contributed by atoms with van der Waals surface area (Å²) in [6.07, 6.45) is 0. The van der Waals surface area contributed by atoms with Crippen molar-refractivity contribution in [1.29, 1.82) is 0 Å². The Kier molecular flexibility index (Phi) is 2.35. The van der Waals surface area contributed by atoms with E-state index < -0.39 is 5.60 Å². The number of benzene rings is 1. The number of fused-ring (bicyclic) bond motifs is 1. The molecule has 0 saturated carbocycles.